The quantitative estimate of drug-likeness (QED) is 0.169. The summed E-state index contributed by atoms with van der Waals surface area (Å²) in [5.74, 6) is 2.44. The summed E-state index contributed by atoms with van der Waals surface area (Å²) in [5.41, 5.74) is 10.8. The number of fused-ring (bicyclic) bond motifs is 6. The molecule has 0 amide bonds. The molecule has 262 valence electrons. The normalized spacial score (nSPS) is 11.6. The Morgan fingerprint density at radius 1 is 0.375 bits per heavy atom. The Balaban J connectivity index is 0.960. The van der Waals surface area contributed by atoms with Gasteiger partial charge >= 0.3 is 0 Å². The van der Waals surface area contributed by atoms with Crippen molar-refractivity contribution in [1.82, 2.24) is 34.5 Å². The minimum absolute atomic E-state index is 0.522. The second-order valence-electron chi connectivity index (χ2n) is 13.6. The van der Waals surface area contributed by atoms with E-state index in [9.17, 15) is 0 Å². The molecule has 0 saturated heterocycles. The zero-order valence-corrected chi connectivity index (χ0v) is 29.8. The maximum atomic E-state index is 6.01. The van der Waals surface area contributed by atoms with Gasteiger partial charge in [-0.05, 0) is 48.0 Å². The first kappa shape index (κ1) is 31.7. The number of furan rings is 1. The summed E-state index contributed by atoms with van der Waals surface area (Å²) in [6.07, 6.45) is 3.54. The number of hydrogen-bond acceptors (Lipinski definition) is 7. The second kappa shape index (κ2) is 12.9. The van der Waals surface area contributed by atoms with E-state index < -0.39 is 0 Å². The Bertz CT molecular complexity index is 3180. The highest BCUT2D eigenvalue weighted by Crippen LogP contribution is 2.34. The zero-order chi connectivity index (χ0) is 37.0. The predicted molar refractivity (Wildman–Crippen MR) is 222 cm³/mol. The molecule has 56 heavy (non-hydrogen) atoms. The molecule has 0 spiro atoms. The second-order valence-corrected chi connectivity index (χ2v) is 13.6. The van der Waals surface area contributed by atoms with Crippen LogP contribution in [0.5, 0.6) is 0 Å². The van der Waals surface area contributed by atoms with Gasteiger partial charge in [0.15, 0.2) is 28.9 Å². The molecule has 0 unspecified atom stereocenters. The van der Waals surface area contributed by atoms with E-state index in [1.807, 2.05) is 79.0 Å². The van der Waals surface area contributed by atoms with E-state index >= 15 is 0 Å². The predicted octanol–water partition coefficient (Wildman–Crippen LogP) is 11.4. The van der Waals surface area contributed by atoms with E-state index in [0.717, 1.165) is 50.0 Å². The molecule has 0 aliphatic rings. The van der Waals surface area contributed by atoms with Crippen LogP contribution in [-0.4, -0.2) is 34.5 Å². The van der Waals surface area contributed by atoms with Gasteiger partial charge in [0.2, 0.25) is 5.71 Å². The van der Waals surface area contributed by atoms with E-state index in [4.69, 9.17) is 24.4 Å². The molecule has 8 heteroatoms. The van der Waals surface area contributed by atoms with Crippen molar-refractivity contribution in [3.63, 3.8) is 0 Å². The lowest BCUT2D eigenvalue weighted by atomic mass is 10.0. The fraction of sp³-hybridized carbons (Fsp3) is 0. The summed E-state index contributed by atoms with van der Waals surface area (Å²) in [7, 11) is 0. The van der Waals surface area contributed by atoms with Crippen LogP contribution in [0, 0.1) is 0 Å². The summed E-state index contributed by atoms with van der Waals surface area (Å²) >= 11 is 0. The van der Waals surface area contributed by atoms with Crippen molar-refractivity contribution >= 4 is 44.0 Å². The van der Waals surface area contributed by atoms with E-state index in [1.54, 1.807) is 6.20 Å². The van der Waals surface area contributed by atoms with Crippen molar-refractivity contribution in [1.29, 1.82) is 0 Å². The first-order valence-corrected chi connectivity index (χ1v) is 18.4. The van der Waals surface area contributed by atoms with Gasteiger partial charge in [0, 0.05) is 50.5 Å². The highest BCUT2D eigenvalue weighted by molar-refractivity contribution is 6.09. The fourth-order valence-corrected chi connectivity index (χ4v) is 7.45. The Morgan fingerprint density at radius 2 is 0.875 bits per heavy atom. The molecule has 0 atom stereocenters. The van der Waals surface area contributed by atoms with E-state index in [1.165, 1.54) is 21.8 Å². The highest BCUT2D eigenvalue weighted by Gasteiger charge is 2.17. The summed E-state index contributed by atoms with van der Waals surface area (Å²) < 4.78 is 8.31. The topological polar surface area (TPSA) is 95.4 Å². The van der Waals surface area contributed by atoms with Crippen LogP contribution in [0.3, 0.4) is 0 Å². The Morgan fingerprint density at radius 3 is 1.48 bits per heavy atom. The Labute approximate surface area is 320 Å². The van der Waals surface area contributed by atoms with Crippen molar-refractivity contribution in [2.24, 2.45) is 0 Å². The Kier molecular flexibility index (Phi) is 7.31. The smallest absolute Gasteiger partial charge is 0.229 e. The van der Waals surface area contributed by atoms with Gasteiger partial charge in [-0.15, -0.1) is 0 Å². The summed E-state index contributed by atoms with van der Waals surface area (Å²) in [6, 6.07) is 55.8. The molecular weight excluding hydrogens is 691 g/mol. The molecule has 0 bridgehead atoms. The van der Waals surface area contributed by atoms with E-state index in [-0.39, 0.29) is 0 Å². The molecule has 11 rings (SSSR count). The van der Waals surface area contributed by atoms with Crippen LogP contribution in [-0.2, 0) is 0 Å². The maximum Gasteiger partial charge on any atom is 0.229 e. The molecule has 0 radical (unpaired) electrons. The number of para-hydroxylation sites is 2. The number of hydrogen-bond donors (Lipinski definition) is 0. The Hall–Kier alpha value is -7.84. The number of rotatable bonds is 6. The first-order valence-electron chi connectivity index (χ1n) is 18.4. The van der Waals surface area contributed by atoms with Crippen LogP contribution in [0.1, 0.15) is 0 Å². The van der Waals surface area contributed by atoms with Gasteiger partial charge in [0.1, 0.15) is 5.52 Å². The van der Waals surface area contributed by atoms with Gasteiger partial charge in [0.05, 0.1) is 22.6 Å². The molecule has 5 heterocycles. The van der Waals surface area contributed by atoms with Crippen LogP contribution in [0.2, 0.25) is 0 Å². The van der Waals surface area contributed by atoms with Crippen LogP contribution in [0.4, 0.5) is 0 Å². The molecule has 8 nitrogen and oxygen atoms in total. The SMILES string of the molecule is c1ccc(-c2nc(-c3ccc(-c4cnc5oc6cnc(-c7ccccc7)nc6c5c4)cc3)nc(-c3ccc(-n4c5ccccc5c5ccccc54)cc3)n2)cc1. The van der Waals surface area contributed by atoms with Crippen molar-refractivity contribution in [2.45, 2.75) is 0 Å². The lowest BCUT2D eigenvalue weighted by Gasteiger charge is -2.11. The van der Waals surface area contributed by atoms with Gasteiger partial charge in [-0.2, -0.15) is 0 Å². The lowest BCUT2D eigenvalue weighted by Crippen LogP contribution is -2.00. The third-order valence-corrected chi connectivity index (χ3v) is 10.2. The van der Waals surface area contributed by atoms with Crippen molar-refractivity contribution in [2.75, 3.05) is 0 Å². The summed E-state index contributed by atoms with van der Waals surface area (Å²) in [5, 5.41) is 3.29. The summed E-state index contributed by atoms with van der Waals surface area (Å²) in [4.78, 5) is 29.0. The number of pyridine rings is 1. The molecule has 0 fully saturated rings. The van der Waals surface area contributed by atoms with Crippen LogP contribution < -0.4 is 0 Å². The van der Waals surface area contributed by atoms with Gasteiger partial charge in [-0.3, -0.25) is 0 Å². The van der Waals surface area contributed by atoms with Gasteiger partial charge < -0.3 is 8.98 Å². The molecule has 0 aliphatic carbocycles. The van der Waals surface area contributed by atoms with Gasteiger partial charge in [-0.1, -0.05) is 121 Å². The van der Waals surface area contributed by atoms with Gasteiger partial charge in [0.25, 0.3) is 0 Å². The molecular formula is C48H29N7O. The van der Waals surface area contributed by atoms with Crippen molar-refractivity contribution < 1.29 is 4.42 Å². The summed E-state index contributed by atoms with van der Waals surface area (Å²) in [6.45, 7) is 0. The monoisotopic (exact) mass is 719 g/mol. The van der Waals surface area contributed by atoms with Crippen LogP contribution >= 0.6 is 0 Å². The minimum Gasteiger partial charge on any atom is -0.434 e. The third kappa shape index (κ3) is 5.39. The van der Waals surface area contributed by atoms with E-state index in [0.29, 0.717) is 34.6 Å². The minimum atomic E-state index is 0.522. The number of benzene rings is 6. The number of nitrogens with zero attached hydrogens (tertiary/aromatic N) is 7. The molecule has 11 aromatic rings. The molecule has 6 aromatic carbocycles. The van der Waals surface area contributed by atoms with Crippen LogP contribution in [0.15, 0.2) is 181 Å². The standard InChI is InChI=1S/C48H29N7O/c1-3-11-31(12-4-1)44-49-29-42-43(51-44)39-27-35(28-50-48(39)56-42)30-19-21-33(22-20-30)46-52-45(32-13-5-2-6-14-32)53-47(54-46)34-23-25-36(26-24-34)55-40-17-9-7-15-37(40)38-16-8-10-18-41(38)55/h1-29H. The third-order valence-electron chi connectivity index (χ3n) is 10.2. The lowest BCUT2D eigenvalue weighted by molar-refractivity contribution is 0.651. The van der Waals surface area contributed by atoms with Gasteiger partial charge in [-0.25, -0.2) is 29.9 Å². The number of aromatic nitrogens is 7. The molecule has 0 N–H and O–H groups in total. The average Bonchev–Trinajstić information content (AvgIpc) is 3.82. The molecule has 0 saturated carbocycles. The van der Waals surface area contributed by atoms with Crippen LogP contribution in [0.25, 0.3) is 106 Å². The maximum absolute atomic E-state index is 6.01. The van der Waals surface area contributed by atoms with E-state index in [2.05, 4.69) is 106 Å². The largest absolute Gasteiger partial charge is 0.434 e. The van der Waals surface area contributed by atoms with Crippen molar-refractivity contribution in [3.05, 3.63) is 176 Å². The first-order chi connectivity index (χ1) is 27.7. The fourth-order valence-electron chi connectivity index (χ4n) is 7.45. The molecule has 5 aromatic heterocycles. The highest BCUT2D eigenvalue weighted by atomic mass is 16.3. The molecule has 0 aliphatic heterocycles. The zero-order valence-electron chi connectivity index (χ0n) is 29.8. The van der Waals surface area contributed by atoms with Crippen molar-refractivity contribution in [3.8, 4) is 62.4 Å². The average molecular weight is 720 g/mol.